The molecule has 2 rings (SSSR count). The number of rotatable bonds is 3. The lowest BCUT2D eigenvalue weighted by molar-refractivity contribution is -0.119. The summed E-state index contributed by atoms with van der Waals surface area (Å²) in [5, 5.41) is 6.49. The molecule has 2 aliphatic heterocycles. The minimum absolute atomic E-state index is 0.209. The van der Waals surface area contributed by atoms with Gasteiger partial charge in [-0.3, -0.25) is 4.79 Å². The minimum Gasteiger partial charge on any atom is -0.352 e. The van der Waals surface area contributed by atoms with Crippen LogP contribution in [0, 0.1) is 0 Å². The van der Waals surface area contributed by atoms with Gasteiger partial charge in [-0.25, -0.2) is 0 Å². The van der Waals surface area contributed by atoms with Gasteiger partial charge in [-0.2, -0.15) is 0 Å². The van der Waals surface area contributed by atoms with Crippen LogP contribution in [0.25, 0.3) is 0 Å². The summed E-state index contributed by atoms with van der Waals surface area (Å²) < 4.78 is 0. The molecule has 2 N–H and O–H groups in total. The molecule has 80 valence electrons. The summed E-state index contributed by atoms with van der Waals surface area (Å²) in [5.74, 6) is 0.209. The number of hydrogen-bond donors (Lipinski definition) is 2. The Bertz CT molecular complexity index is 219. The molecule has 2 atom stereocenters. The van der Waals surface area contributed by atoms with Crippen molar-refractivity contribution in [2.45, 2.75) is 31.3 Å². The van der Waals surface area contributed by atoms with Crippen LogP contribution in [-0.2, 0) is 4.79 Å². The summed E-state index contributed by atoms with van der Waals surface area (Å²) in [6, 6.07) is 0.992. The van der Waals surface area contributed by atoms with Crippen molar-refractivity contribution in [3.63, 3.8) is 0 Å². The zero-order valence-corrected chi connectivity index (χ0v) is 8.75. The lowest BCUT2D eigenvalue weighted by atomic mass is 10.2. The van der Waals surface area contributed by atoms with Gasteiger partial charge in [0.15, 0.2) is 0 Å². The molecule has 4 heteroatoms. The van der Waals surface area contributed by atoms with Gasteiger partial charge in [-0.1, -0.05) is 0 Å². The van der Waals surface area contributed by atoms with E-state index in [1.807, 2.05) is 0 Å². The van der Waals surface area contributed by atoms with Crippen molar-refractivity contribution >= 4 is 5.91 Å². The smallest absolute Gasteiger partial charge is 0.220 e. The standard InChI is InChI=1S/C10H19N3O/c1-13-5-4-9(7-13)11-6-8-2-3-10(14)12-8/h8-9,11H,2-7H2,1H3,(H,12,14). The second-order valence-electron chi connectivity index (χ2n) is 4.46. The maximum atomic E-state index is 11.0. The zero-order valence-electron chi connectivity index (χ0n) is 8.75. The van der Waals surface area contributed by atoms with Gasteiger partial charge in [0.05, 0.1) is 0 Å². The van der Waals surface area contributed by atoms with Gasteiger partial charge in [0.2, 0.25) is 5.91 Å². The largest absolute Gasteiger partial charge is 0.352 e. The Balaban J connectivity index is 1.65. The highest BCUT2D eigenvalue weighted by Crippen LogP contribution is 2.08. The number of carbonyl (C=O) groups is 1. The second kappa shape index (κ2) is 4.28. The minimum atomic E-state index is 0.209. The number of nitrogens with zero attached hydrogens (tertiary/aromatic N) is 1. The van der Waals surface area contributed by atoms with E-state index in [0.29, 0.717) is 18.5 Å². The van der Waals surface area contributed by atoms with E-state index < -0.39 is 0 Å². The predicted octanol–water partition coefficient (Wildman–Crippen LogP) is -0.441. The number of amides is 1. The Morgan fingerprint density at radius 2 is 2.43 bits per heavy atom. The third kappa shape index (κ3) is 2.45. The molecular formula is C10H19N3O. The average Bonchev–Trinajstić information content (AvgIpc) is 2.72. The Hall–Kier alpha value is -0.610. The molecule has 0 aromatic rings. The van der Waals surface area contributed by atoms with E-state index in [4.69, 9.17) is 0 Å². The first-order chi connectivity index (χ1) is 6.74. The summed E-state index contributed by atoms with van der Waals surface area (Å²) in [7, 11) is 2.15. The van der Waals surface area contributed by atoms with Gasteiger partial charge in [0, 0.05) is 31.6 Å². The highest BCUT2D eigenvalue weighted by molar-refractivity contribution is 5.78. The summed E-state index contributed by atoms with van der Waals surface area (Å²) in [4.78, 5) is 13.3. The fourth-order valence-corrected chi connectivity index (χ4v) is 2.24. The van der Waals surface area contributed by atoms with E-state index in [2.05, 4.69) is 22.6 Å². The van der Waals surface area contributed by atoms with E-state index >= 15 is 0 Å². The Kier molecular flexibility index (Phi) is 3.03. The molecule has 0 aromatic carbocycles. The van der Waals surface area contributed by atoms with Gasteiger partial charge in [-0.05, 0) is 26.4 Å². The average molecular weight is 197 g/mol. The van der Waals surface area contributed by atoms with E-state index in [1.54, 1.807) is 0 Å². The lowest BCUT2D eigenvalue weighted by Crippen LogP contribution is -2.41. The molecule has 4 nitrogen and oxygen atoms in total. The van der Waals surface area contributed by atoms with Crippen molar-refractivity contribution in [1.29, 1.82) is 0 Å². The molecule has 0 aliphatic carbocycles. The van der Waals surface area contributed by atoms with Crippen molar-refractivity contribution in [2.24, 2.45) is 0 Å². The molecular weight excluding hydrogens is 178 g/mol. The van der Waals surface area contributed by atoms with Crippen LogP contribution in [0.4, 0.5) is 0 Å². The van der Waals surface area contributed by atoms with Gasteiger partial charge in [0.1, 0.15) is 0 Å². The fraction of sp³-hybridized carbons (Fsp3) is 0.900. The molecule has 1 amide bonds. The quantitative estimate of drug-likeness (QED) is 0.644. The molecule has 2 aliphatic rings. The molecule has 0 aromatic heterocycles. The number of likely N-dealkylation sites (N-methyl/N-ethyl adjacent to an activating group) is 1. The molecule has 0 bridgehead atoms. The topological polar surface area (TPSA) is 44.4 Å². The van der Waals surface area contributed by atoms with Crippen LogP contribution in [0.1, 0.15) is 19.3 Å². The molecule has 2 fully saturated rings. The summed E-state index contributed by atoms with van der Waals surface area (Å²) in [5.41, 5.74) is 0. The Morgan fingerprint density at radius 1 is 1.57 bits per heavy atom. The normalized spacial score (nSPS) is 33.6. The predicted molar refractivity (Wildman–Crippen MR) is 55.1 cm³/mol. The van der Waals surface area contributed by atoms with Crippen LogP contribution in [0.15, 0.2) is 0 Å². The van der Waals surface area contributed by atoms with Crippen molar-refractivity contribution in [2.75, 3.05) is 26.7 Å². The van der Waals surface area contributed by atoms with Gasteiger partial charge >= 0.3 is 0 Å². The first kappa shape index (κ1) is 9.93. The number of nitrogens with one attached hydrogen (secondary N) is 2. The van der Waals surface area contributed by atoms with Gasteiger partial charge in [-0.15, -0.1) is 0 Å². The van der Waals surface area contributed by atoms with E-state index in [-0.39, 0.29) is 5.91 Å². The maximum Gasteiger partial charge on any atom is 0.220 e. The van der Waals surface area contributed by atoms with Crippen molar-refractivity contribution in [3.05, 3.63) is 0 Å². The molecule has 0 spiro atoms. The van der Waals surface area contributed by atoms with E-state index in [9.17, 15) is 4.79 Å². The number of carbonyl (C=O) groups excluding carboxylic acids is 1. The third-order valence-electron chi connectivity index (χ3n) is 3.13. The molecule has 2 saturated heterocycles. The van der Waals surface area contributed by atoms with Crippen LogP contribution >= 0.6 is 0 Å². The first-order valence-corrected chi connectivity index (χ1v) is 5.45. The van der Waals surface area contributed by atoms with Crippen LogP contribution in [0.3, 0.4) is 0 Å². The Labute approximate surface area is 85.0 Å². The fourth-order valence-electron chi connectivity index (χ4n) is 2.24. The summed E-state index contributed by atoms with van der Waals surface area (Å²) in [6.45, 7) is 3.26. The summed E-state index contributed by atoms with van der Waals surface area (Å²) >= 11 is 0. The van der Waals surface area contributed by atoms with Crippen LogP contribution < -0.4 is 10.6 Å². The van der Waals surface area contributed by atoms with Crippen molar-refractivity contribution in [1.82, 2.24) is 15.5 Å². The van der Waals surface area contributed by atoms with E-state index in [1.165, 1.54) is 13.0 Å². The maximum absolute atomic E-state index is 11.0. The second-order valence-corrected chi connectivity index (χ2v) is 4.46. The monoisotopic (exact) mass is 197 g/mol. The molecule has 2 unspecified atom stereocenters. The highest BCUT2D eigenvalue weighted by atomic mass is 16.1. The van der Waals surface area contributed by atoms with Crippen LogP contribution in [-0.4, -0.2) is 49.6 Å². The molecule has 0 saturated carbocycles. The first-order valence-electron chi connectivity index (χ1n) is 5.45. The van der Waals surface area contributed by atoms with E-state index in [0.717, 1.165) is 19.5 Å². The number of likely N-dealkylation sites (tertiary alicyclic amines) is 1. The SMILES string of the molecule is CN1CCC(NCC2CCC(=O)N2)C1. The van der Waals surface area contributed by atoms with Crippen LogP contribution in [0.2, 0.25) is 0 Å². The molecule has 0 radical (unpaired) electrons. The van der Waals surface area contributed by atoms with Crippen LogP contribution in [0.5, 0.6) is 0 Å². The third-order valence-corrected chi connectivity index (χ3v) is 3.13. The lowest BCUT2D eigenvalue weighted by Gasteiger charge is -2.16. The molecule has 14 heavy (non-hydrogen) atoms. The Morgan fingerprint density at radius 3 is 3.00 bits per heavy atom. The molecule has 2 heterocycles. The van der Waals surface area contributed by atoms with Crippen molar-refractivity contribution < 1.29 is 4.79 Å². The number of hydrogen-bond acceptors (Lipinski definition) is 3. The van der Waals surface area contributed by atoms with Gasteiger partial charge in [0.25, 0.3) is 0 Å². The summed E-state index contributed by atoms with van der Waals surface area (Å²) in [6.07, 6.45) is 2.93. The van der Waals surface area contributed by atoms with Crippen molar-refractivity contribution in [3.8, 4) is 0 Å². The van der Waals surface area contributed by atoms with Gasteiger partial charge < -0.3 is 15.5 Å². The zero-order chi connectivity index (χ0) is 9.97. The highest BCUT2D eigenvalue weighted by Gasteiger charge is 2.23.